The van der Waals surface area contributed by atoms with Gasteiger partial charge >= 0.3 is 11.9 Å². The molecule has 158 valence electrons. The summed E-state index contributed by atoms with van der Waals surface area (Å²) < 4.78 is 11.0. The summed E-state index contributed by atoms with van der Waals surface area (Å²) in [4.78, 5) is 24.8. The zero-order valence-electron chi connectivity index (χ0n) is 16.9. The highest BCUT2D eigenvalue weighted by Crippen LogP contribution is 2.70. The van der Waals surface area contributed by atoms with Gasteiger partial charge in [0.25, 0.3) is 0 Å². The average molecular weight is 404 g/mol. The topological polar surface area (TPSA) is 113 Å². The second-order valence-corrected chi connectivity index (χ2v) is 9.36. The van der Waals surface area contributed by atoms with Crippen molar-refractivity contribution < 1.29 is 34.4 Å². The molecule has 1 saturated heterocycles. The molecular formula is C22H28O7. The van der Waals surface area contributed by atoms with Crippen molar-refractivity contribution in [1.29, 1.82) is 0 Å². The Morgan fingerprint density at radius 2 is 1.90 bits per heavy atom. The van der Waals surface area contributed by atoms with Crippen molar-refractivity contribution in [3.8, 4) is 0 Å². The lowest BCUT2D eigenvalue weighted by Gasteiger charge is -2.66. The van der Waals surface area contributed by atoms with Gasteiger partial charge in [-0.25, -0.2) is 4.79 Å². The van der Waals surface area contributed by atoms with Crippen LogP contribution in [-0.2, 0) is 14.3 Å². The molecule has 0 spiro atoms. The number of aliphatic hydroxyl groups excluding tert-OH is 1. The van der Waals surface area contributed by atoms with E-state index in [9.17, 15) is 24.9 Å². The Morgan fingerprint density at radius 1 is 1.24 bits per heavy atom. The summed E-state index contributed by atoms with van der Waals surface area (Å²) in [6.07, 6.45) is -1.58. The standard InChI is InChI=1S/C22H28O7/c1-13-9-16-22(27)19(2,12-28-18(25)14-7-5-4-6-8-14)20(3,26)15(23)10-21(13,22)11-17(24)29-16/h4-8,13,15-16,23,26-27H,9-12H2,1-3H3/t13-,15-,16+,19-,20+,21-,22+/m1/s1. The van der Waals surface area contributed by atoms with Crippen LogP contribution in [0.3, 0.4) is 0 Å². The number of hydrogen-bond acceptors (Lipinski definition) is 7. The molecule has 1 aromatic carbocycles. The lowest BCUT2D eigenvalue weighted by Crippen LogP contribution is -2.79. The third-order valence-electron chi connectivity index (χ3n) is 8.14. The zero-order valence-corrected chi connectivity index (χ0v) is 16.9. The van der Waals surface area contributed by atoms with Crippen LogP contribution in [-0.4, -0.2) is 57.3 Å². The summed E-state index contributed by atoms with van der Waals surface area (Å²) in [7, 11) is 0. The molecule has 0 aromatic heterocycles. The summed E-state index contributed by atoms with van der Waals surface area (Å²) in [5.41, 5.74) is -5.48. The van der Waals surface area contributed by atoms with Crippen molar-refractivity contribution in [3.63, 3.8) is 0 Å². The summed E-state index contributed by atoms with van der Waals surface area (Å²) in [5, 5.41) is 34.3. The second-order valence-electron chi connectivity index (χ2n) is 9.36. The van der Waals surface area contributed by atoms with Gasteiger partial charge in [-0.1, -0.05) is 32.0 Å². The summed E-state index contributed by atoms with van der Waals surface area (Å²) >= 11 is 0. The molecule has 3 aliphatic rings. The third kappa shape index (κ3) is 2.41. The van der Waals surface area contributed by atoms with E-state index in [1.54, 1.807) is 37.3 Å². The van der Waals surface area contributed by atoms with Crippen molar-refractivity contribution >= 4 is 11.9 Å². The molecule has 1 aliphatic heterocycles. The first kappa shape index (κ1) is 20.3. The SMILES string of the molecule is C[C@@H]1C[C@@H]2OC(=O)C[C@]13C[C@@H](O)[C@](C)(O)[C@@](C)(COC(=O)c1ccccc1)[C@@]23O. The lowest BCUT2D eigenvalue weighted by molar-refractivity contribution is -0.334. The maximum atomic E-state index is 12.5. The van der Waals surface area contributed by atoms with Crippen LogP contribution in [0.5, 0.6) is 0 Å². The molecule has 2 aliphatic carbocycles. The molecule has 2 saturated carbocycles. The largest absolute Gasteiger partial charge is 0.461 e. The first-order chi connectivity index (χ1) is 13.5. The van der Waals surface area contributed by atoms with Crippen LogP contribution >= 0.6 is 0 Å². The molecule has 0 radical (unpaired) electrons. The van der Waals surface area contributed by atoms with E-state index in [0.717, 1.165) is 0 Å². The number of carbonyl (C=O) groups is 2. The van der Waals surface area contributed by atoms with Gasteiger partial charge in [0, 0.05) is 5.41 Å². The Hall–Kier alpha value is -1.96. The van der Waals surface area contributed by atoms with Crippen LogP contribution in [0.15, 0.2) is 30.3 Å². The van der Waals surface area contributed by atoms with E-state index >= 15 is 0 Å². The normalized spacial score (nSPS) is 46.0. The molecule has 1 heterocycles. The van der Waals surface area contributed by atoms with Gasteiger partial charge < -0.3 is 24.8 Å². The van der Waals surface area contributed by atoms with Crippen molar-refractivity contribution in [3.05, 3.63) is 35.9 Å². The van der Waals surface area contributed by atoms with E-state index in [-0.39, 0.29) is 25.4 Å². The van der Waals surface area contributed by atoms with Gasteiger partial charge in [-0.2, -0.15) is 0 Å². The molecule has 7 nitrogen and oxygen atoms in total. The molecule has 7 heteroatoms. The monoisotopic (exact) mass is 404 g/mol. The molecule has 3 fully saturated rings. The van der Waals surface area contributed by atoms with E-state index in [2.05, 4.69) is 0 Å². The quantitative estimate of drug-likeness (QED) is 0.653. The van der Waals surface area contributed by atoms with Gasteiger partial charge in [0.05, 0.1) is 29.1 Å². The molecular weight excluding hydrogens is 376 g/mol. The van der Waals surface area contributed by atoms with Crippen molar-refractivity contribution in [2.45, 2.75) is 63.4 Å². The predicted octanol–water partition coefficient (Wildman–Crippen LogP) is 1.44. The van der Waals surface area contributed by atoms with Gasteiger partial charge in [-0.15, -0.1) is 0 Å². The Morgan fingerprint density at radius 3 is 2.55 bits per heavy atom. The van der Waals surface area contributed by atoms with Crippen molar-refractivity contribution in [1.82, 2.24) is 0 Å². The molecule has 1 aromatic rings. The molecule has 4 rings (SSSR count). The minimum atomic E-state index is -1.77. The van der Waals surface area contributed by atoms with Gasteiger partial charge in [-0.3, -0.25) is 4.79 Å². The van der Waals surface area contributed by atoms with Crippen LogP contribution in [0.25, 0.3) is 0 Å². The summed E-state index contributed by atoms with van der Waals surface area (Å²) in [6, 6.07) is 8.43. The van der Waals surface area contributed by atoms with Gasteiger partial charge in [0.15, 0.2) is 0 Å². The average Bonchev–Trinajstić information content (AvgIpc) is 2.79. The molecule has 7 atom stereocenters. The maximum Gasteiger partial charge on any atom is 0.338 e. The number of benzene rings is 1. The molecule has 0 unspecified atom stereocenters. The van der Waals surface area contributed by atoms with Gasteiger partial charge in [-0.05, 0) is 37.8 Å². The van der Waals surface area contributed by atoms with Gasteiger partial charge in [0.1, 0.15) is 18.3 Å². The number of carbonyl (C=O) groups excluding carboxylic acids is 2. The summed E-state index contributed by atoms with van der Waals surface area (Å²) in [5.74, 6) is -1.12. The van der Waals surface area contributed by atoms with Crippen LogP contribution in [0.1, 0.15) is 50.4 Å². The van der Waals surface area contributed by atoms with Crippen molar-refractivity contribution in [2.75, 3.05) is 6.61 Å². The van der Waals surface area contributed by atoms with E-state index in [1.165, 1.54) is 6.92 Å². The van der Waals surface area contributed by atoms with Gasteiger partial charge in [0.2, 0.25) is 0 Å². The number of aliphatic hydroxyl groups is 3. The van der Waals surface area contributed by atoms with Crippen LogP contribution in [0, 0.1) is 16.7 Å². The number of ether oxygens (including phenoxy) is 2. The minimum absolute atomic E-state index is 0.0451. The highest BCUT2D eigenvalue weighted by Gasteiger charge is 2.81. The fourth-order valence-corrected chi connectivity index (χ4v) is 6.07. The second kappa shape index (κ2) is 6.27. The van der Waals surface area contributed by atoms with E-state index < -0.39 is 46.2 Å². The fraction of sp³-hybridized carbons (Fsp3) is 0.636. The van der Waals surface area contributed by atoms with Crippen LogP contribution in [0.2, 0.25) is 0 Å². The highest BCUT2D eigenvalue weighted by atomic mass is 16.6. The highest BCUT2D eigenvalue weighted by molar-refractivity contribution is 5.89. The maximum absolute atomic E-state index is 12.5. The number of esters is 2. The third-order valence-corrected chi connectivity index (χ3v) is 8.14. The Bertz CT molecular complexity index is 837. The molecule has 29 heavy (non-hydrogen) atoms. The van der Waals surface area contributed by atoms with Crippen molar-refractivity contribution in [2.24, 2.45) is 16.7 Å². The first-order valence-electron chi connectivity index (χ1n) is 10.0. The molecule has 2 bridgehead atoms. The Labute approximate surface area is 169 Å². The van der Waals surface area contributed by atoms with Crippen LogP contribution in [0.4, 0.5) is 0 Å². The molecule has 3 N–H and O–H groups in total. The smallest absolute Gasteiger partial charge is 0.338 e. The number of rotatable bonds is 3. The predicted molar refractivity (Wildman–Crippen MR) is 102 cm³/mol. The summed E-state index contributed by atoms with van der Waals surface area (Å²) in [6.45, 7) is 4.64. The fourth-order valence-electron chi connectivity index (χ4n) is 6.07. The van der Waals surface area contributed by atoms with E-state index in [1.807, 2.05) is 6.92 Å². The first-order valence-corrected chi connectivity index (χ1v) is 10.0. The van der Waals surface area contributed by atoms with Crippen LogP contribution < -0.4 is 0 Å². The number of hydrogen-bond donors (Lipinski definition) is 3. The van der Waals surface area contributed by atoms with E-state index in [4.69, 9.17) is 9.47 Å². The zero-order chi connectivity index (χ0) is 21.2. The lowest BCUT2D eigenvalue weighted by atomic mass is 9.44. The minimum Gasteiger partial charge on any atom is -0.461 e. The van der Waals surface area contributed by atoms with E-state index in [0.29, 0.717) is 12.0 Å². The molecule has 0 amide bonds. The Balaban J connectivity index is 1.75. The Kier molecular flexibility index (Phi) is 4.39.